The number of ether oxygens (including phenoxy) is 1. The zero-order valence-electron chi connectivity index (χ0n) is 13.7. The van der Waals surface area contributed by atoms with Crippen molar-refractivity contribution in [1.29, 1.82) is 0 Å². The van der Waals surface area contributed by atoms with Crippen LogP contribution in [-0.4, -0.2) is 23.3 Å². The zero-order chi connectivity index (χ0) is 18.1. The third-order valence-corrected chi connectivity index (χ3v) is 4.29. The lowest BCUT2D eigenvalue weighted by molar-refractivity contribution is 0.0952. The van der Waals surface area contributed by atoms with Gasteiger partial charge < -0.3 is 9.84 Å². The van der Waals surface area contributed by atoms with Gasteiger partial charge in [0.2, 0.25) is 0 Å². The molecule has 1 aliphatic heterocycles. The van der Waals surface area contributed by atoms with Gasteiger partial charge in [-0.2, -0.15) is 5.10 Å². The molecule has 0 radical (unpaired) electrons. The fourth-order valence-electron chi connectivity index (χ4n) is 2.98. The summed E-state index contributed by atoms with van der Waals surface area (Å²) in [6, 6.07) is 14.7. The van der Waals surface area contributed by atoms with Crippen LogP contribution in [0.4, 0.5) is 4.39 Å². The summed E-state index contributed by atoms with van der Waals surface area (Å²) in [5.41, 5.74) is 3.61. The van der Waals surface area contributed by atoms with Gasteiger partial charge in [-0.15, -0.1) is 0 Å². The molecule has 0 fully saturated rings. The lowest BCUT2D eigenvalue weighted by Crippen LogP contribution is -2.23. The van der Waals surface area contributed by atoms with E-state index in [4.69, 9.17) is 4.74 Å². The standard InChI is InChI=1S/C20H15FN2O3/c21-13-6-8-18-16(11-13)17(9-10-26-18)22-23-20(25)15-7-5-12-3-1-2-4-14(12)19(15)24/h1-8,11,24H,9-10H2,(H,23,25). The molecule has 0 saturated heterocycles. The normalized spacial score (nSPS) is 14.7. The Kier molecular flexibility index (Phi) is 4.01. The van der Waals surface area contributed by atoms with Gasteiger partial charge in [0.15, 0.2) is 0 Å². The first-order valence-corrected chi connectivity index (χ1v) is 8.14. The Morgan fingerprint density at radius 1 is 1.15 bits per heavy atom. The Bertz CT molecular complexity index is 1050. The Hall–Kier alpha value is -3.41. The molecular weight excluding hydrogens is 335 g/mol. The molecule has 0 bridgehead atoms. The van der Waals surface area contributed by atoms with Crippen LogP contribution < -0.4 is 10.2 Å². The summed E-state index contributed by atoms with van der Waals surface area (Å²) in [6.45, 7) is 0.397. The number of carbonyl (C=O) groups excluding carboxylic acids is 1. The van der Waals surface area contributed by atoms with Crippen LogP contribution in [0.5, 0.6) is 11.5 Å². The number of amides is 1. The van der Waals surface area contributed by atoms with Crippen molar-refractivity contribution in [3.8, 4) is 11.5 Å². The van der Waals surface area contributed by atoms with Gasteiger partial charge >= 0.3 is 0 Å². The molecule has 0 spiro atoms. The molecule has 2 N–H and O–H groups in total. The highest BCUT2D eigenvalue weighted by Crippen LogP contribution is 2.29. The number of hydrogen-bond acceptors (Lipinski definition) is 4. The van der Waals surface area contributed by atoms with Crippen LogP contribution in [0.25, 0.3) is 10.8 Å². The first-order chi connectivity index (χ1) is 12.6. The van der Waals surface area contributed by atoms with Gasteiger partial charge in [-0.1, -0.05) is 30.3 Å². The van der Waals surface area contributed by atoms with Crippen LogP contribution in [0.3, 0.4) is 0 Å². The molecule has 3 aromatic rings. The molecular formula is C20H15FN2O3. The number of halogens is 1. The van der Waals surface area contributed by atoms with Crippen LogP contribution in [0.1, 0.15) is 22.3 Å². The number of carbonyl (C=O) groups is 1. The first kappa shape index (κ1) is 16.1. The number of hydrazone groups is 1. The van der Waals surface area contributed by atoms with Crippen molar-refractivity contribution in [3.05, 3.63) is 71.5 Å². The summed E-state index contributed by atoms with van der Waals surface area (Å²) >= 11 is 0. The fourth-order valence-corrected chi connectivity index (χ4v) is 2.98. The largest absolute Gasteiger partial charge is 0.506 e. The minimum Gasteiger partial charge on any atom is -0.506 e. The summed E-state index contributed by atoms with van der Waals surface area (Å²) in [7, 11) is 0. The molecule has 0 aliphatic carbocycles. The summed E-state index contributed by atoms with van der Waals surface area (Å²) in [4.78, 5) is 12.4. The third-order valence-electron chi connectivity index (χ3n) is 4.29. The van der Waals surface area contributed by atoms with Gasteiger partial charge in [-0.05, 0) is 29.7 Å². The second-order valence-electron chi connectivity index (χ2n) is 5.92. The van der Waals surface area contributed by atoms with Crippen molar-refractivity contribution in [2.75, 3.05) is 6.61 Å². The number of aromatic hydroxyl groups is 1. The van der Waals surface area contributed by atoms with Gasteiger partial charge in [0, 0.05) is 17.4 Å². The number of rotatable bonds is 2. The van der Waals surface area contributed by atoms with Gasteiger partial charge in [-0.3, -0.25) is 4.79 Å². The Morgan fingerprint density at radius 2 is 2.00 bits per heavy atom. The van der Waals surface area contributed by atoms with Gasteiger partial charge in [0.05, 0.1) is 17.9 Å². The zero-order valence-corrected chi connectivity index (χ0v) is 13.7. The summed E-state index contributed by atoms with van der Waals surface area (Å²) in [5, 5.41) is 15.9. The number of nitrogens with one attached hydrogen (secondary N) is 1. The Labute approximate surface area is 148 Å². The van der Waals surface area contributed by atoms with E-state index in [1.54, 1.807) is 24.3 Å². The van der Waals surface area contributed by atoms with Crippen LogP contribution in [0, 0.1) is 5.82 Å². The van der Waals surface area contributed by atoms with E-state index >= 15 is 0 Å². The molecule has 4 rings (SSSR count). The van der Waals surface area contributed by atoms with Crippen molar-refractivity contribution in [2.24, 2.45) is 5.10 Å². The third kappa shape index (κ3) is 2.86. The van der Waals surface area contributed by atoms with E-state index in [0.717, 1.165) is 5.39 Å². The van der Waals surface area contributed by atoms with E-state index in [9.17, 15) is 14.3 Å². The molecule has 1 heterocycles. The highest BCUT2D eigenvalue weighted by atomic mass is 19.1. The Balaban J connectivity index is 1.63. The van der Waals surface area contributed by atoms with Gasteiger partial charge in [-0.25, -0.2) is 9.82 Å². The predicted molar refractivity (Wildman–Crippen MR) is 96.1 cm³/mol. The van der Waals surface area contributed by atoms with Crippen LogP contribution >= 0.6 is 0 Å². The molecule has 1 aliphatic rings. The van der Waals surface area contributed by atoms with Crippen molar-refractivity contribution in [1.82, 2.24) is 5.43 Å². The minimum absolute atomic E-state index is 0.0979. The van der Waals surface area contributed by atoms with Crippen LogP contribution in [-0.2, 0) is 0 Å². The maximum absolute atomic E-state index is 13.5. The predicted octanol–water partition coefficient (Wildman–Crippen LogP) is 3.60. The molecule has 26 heavy (non-hydrogen) atoms. The lowest BCUT2D eigenvalue weighted by atomic mass is 10.0. The van der Waals surface area contributed by atoms with Crippen LogP contribution in [0.15, 0.2) is 59.7 Å². The summed E-state index contributed by atoms with van der Waals surface area (Å²) in [6.07, 6.45) is 0.445. The monoisotopic (exact) mass is 350 g/mol. The molecule has 130 valence electrons. The second-order valence-corrected chi connectivity index (χ2v) is 5.92. The van der Waals surface area contributed by atoms with Crippen molar-refractivity contribution in [2.45, 2.75) is 6.42 Å². The lowest BCUT2D eigenvalue weighted by Gasteiger charge is -2.19. The highest BCUT2D eigenvalue weighted by Gasteiger charge is 2.19. The fraction of sp³-hybridized carbons (Fsp3) is 0.100. The molecule has 3 aromatic carbocycles. The van der Waals surface area contributed by atoms with E-state index in [1.807, 2.05) is 12.1 Å². The smallest absolute Gasteiger partial charge is 0.275 e. The number of benzene rings is 3. The molecule has 0 saturated carbocycles. The SMILES string of the molecule is O=C(NN=C1CCOc2ccc(F)cc21)c1ccc2ccccc2c1O. The molecule has 0 atom stereocenters. The molecule has 0 unspecified atom stereocenters. The van der Waals surface area contributed by atoms with Crippen LogP contribution in [0.2, 0.25) is 0 Å². The molecule has 0 aromatic heterocycles. The average Bonchev–Trinajstić information content (AvgIpc) is 2.66. The number of hydrogen-bond donors (Lipinski definition) is 2. The summed E-state index contributed by atoms with van der Waals surface area (Å²) in [5.74, 6) is -0.510. The maximum Gasteiger partial charge on any atom is 0.275 e. The van der Waals surface area contributed by atoms with E-state index in [2.05, 4.69) is 10.5 Å². The topological polar surface area (TPSA) is 70.9 Å². The van der Waals surface area contributed by atoms with E-state index < -0.39 is 11.7 Å². The molecule has 5 nitrogen and oxygen atoms in total. The molecule has 6 heteroatoms. The average molecular weight is 350 g/mol. The summed E-state index contributed by atoms with van der Waals surface area (Å²) < 4.78 is 19.0. The van der Waals surface area contributed by atoms with Crippen molar-refractivity contribution in [3.63, 3.8) is 0 Å². The minimum atomic E-state index is -0.537. The van der Waals surface area contributed by atoms with E-state index in [1.165, 1.54) is 18.2 Å². The quantitative estimate of drug-likeness (QED) is 0.694. The van der Waals surface area contributed by atoms with E-state index in [-0.39, 0.29) is 11.3 Å². The van der Waals surface area contributed by atoms with Crippen molar-refractivity contribution < 1.29 is 19.0 Å². The second kappa shape index (κ2) is 6.48. The van der Waals surface area contributed by atoms with Crippen molar-refractivity contribution >= 4 is 22.4 Å². The van der Waals surface area contributed by atoms with Gasteiger partial charge in [0.25, 0.3) is 5.91 Å². The van der Waals surface area contributed by atoms with Gasteiger partial charge in [0.1, 0.15) is 17.3 Å². The number of nitrogens with zero attached hydrogens (tertiary/aromatic N) is 1. The maximum atomic E-state index is 13.5. The van der Waals surface area contributed by atoms with E-state index in [0.29, 0.717) is 35.4 Å². The number of fused-ring (bicyclic) bond motifs is 2. The molecule has 1 amide bonds. The number of phenols is 1. The number of phenolic OH excluding ortho intramolecular Hbond substituents is 1. The Morgan fingerprint density at radius 3 is 2.88 bits per heavy atom. The highest BCUT2D eigenvalue weighted by molar-refractivity contribution is 6.06. The first-order valence-electron chi connectivity index (χ1n) is 8.14.